The number of aromatic amines is 2. The van der Waals surface area contributed by atoms with E-state index in [1.54, 1.807) is 6.20 Å². The molecule has 3 aliphatic rings. The normalized spacial score (nSPS) is 19.9. The minimum absolute atomic E-state index is 0.0737. The number of rotatable bonds is 11. The second kappa shape index (κ2) is 17.7. The first-order valence-corrected chi connectivity index (χ1v) is 20.6. The second-order valence-electron chi connectivity index (χ2n) is 16.7. The van der Waals surface area contributed by atoms with Crippen molar-refractivity contribution in [1.29, 1.82) is 0 Å². The van der Waals surface area contributed by atoms with E-state index in [4.69, 9.17) is 19.2 Å². The predicted molar refractivity (Wildman–Crippen MR) is 221 cm³/mol. The van der Waals surface area contributed by atoms with Crippen LogP contribution in [0.4, 0.5) is 9.59 Å². The van der Waals surface area contributed by atoms with Gasteiger partial charge in [-0.1, -0.05) is 76.2 Å². The summed E-state index contributed by atoms with van der Waals surface area (Å²) in [6, 6.07) is 14.6. The van der Waals surface area contributed by atoms with Crippen LogP contribution in [0.25, 0.3) is 33.6 Å². The van der Waals surface area contributed by atoms with E-state index in [0.29, 0.717) is 26.3 Å². The van der Waals surface area contributed by atoms with Crippen molar-refractivity contribution in [2.75, 3.05) is 40.5 Å². The standard InChI is InChI=1S/C44H56N8O7/c1-26(2)36(49-42(55)57-5)40(53)51-19-7-8-34(51)38-45-23-32(47-38)30-13-9-28(10-14-30)29-11-15-31(16-12-29)33-24-46-39(48-33)35-22-44(17-20-59-21-18-44)25-52(35)41(54)37(27(3)4)50-43(56)58-6/h9-16,23-24,26-27,34-37H,7-8,17-22,25H2,1-6H3,(H,45,47)(H,46,48)(H,49,55)(H,50,56)/t34-,35?,36-,37-/m0/s1. The fourth-order valence-corrected chi connectivity index (χ4v) is 8.76. The van der Waals surface area contributed by atoms with Crippen LogP contribution >= 0.6 is 0 Å². The molecule has 3 saturated heterocycles. The number of imidazole rings is 2. The van der Waals surface area contributed by atoms with Gasteiger partial charge in [-0.25, -0.2) is 19.6 Å². The zero-order valence-corrected chi connectivity index (χ0v) is 34.7. The molecule has 5 heterocycles. The van der Waals surface area contributed by atoms with Crippen LogP contribution in [-0.2, 0) is 23.8 Å². The highest BCUT2D eigenvalue weighted by Crippen LogP contribution is 2.49. The fraction of sp³-hybridized carbons (Fsp3) is 0.500. The van der Waals surface area contributed by atoms with Gasteiger partial charge in [-0.2, -0.15) is 0 Å². The summed E-state index contributed by atoms with van der Waals surface area (Å²) in [5.74, 6) is 0.918. The lowest BCUT2D eigenvalue weighted by molar-refractivity contribution is -0.136. The number of amides is 4. The van der Waals surface area contributed by atoms with Gasteiger partial charge in [0.2, 0.25) is 11.8 Å². The summed E-state index contributed by atoms with van der Waals surface area (Å²) in [4.78, 5) is 72.0. The number of hydrogen-bond acceptors (Lipinski definition) is 9. The number of benzene rings is 2. The van der Waals surface area contributed by atoms with Crippen LogP contribution in [-0.4, -0.2) is 106 Å². The lowest BCUT2D eigenvalue weighted by Crippen LogP contribution is -2.51. The van der Waals surface area contributed by atoms with Gasteiger partial charge < -0.3 is 44.6 Å². The van der Waals surface area contributed by atoms with Crippen LogP contribution in [0.2, 0.25) is 0 Å². The summed E-state index contributed by atoms with van der Waals surface area (Å²) in [6.07, 6.45) is 6.49. The van der Waals surface area contributed by atoms with E-state index in [1.807, 2.05) is 43.7 Å². The molecule has 1 spiro atoms. The van der Waals surface area contributed by atoms with Gasteiger partial charge in [0.05, 0.1) is 50.1 Å². The number of alkyl carbamates (subject to hydrolysis) is 2. The summed E-state index contributed by atoms with van der Waals surface area (Å²) in [6.45, 7) is 10.1. The monoisotopic (exact) mass is 808 g/mol. The molecular formula is C44H56N8O7. The maximum Gasteiger partial charge on any atom is 0.407 e. The fourth-order valence-electron chi connectivity index (χ4n) is 8.76. The van der Waals surface area contributed by atoms with Crippen LogP contribution in [0.1, 0.15) is 83.5 Å². The van der Waals surface area contributed by atoms with Gasteiger partial charge in [0.25, 0.3) is 0 Å². The Morgan fingerprint density at radius 1 is 0.712 bits per heavy atom. The predicted octanol–water partition coefficient (Wildman–Crippen LogP) is 6.63. The molecule has 314 valence electrons. The van der Waals surface area contributed by atoms with Crippen molar-refractivity contribution in [2.24, 2.45) is 17.3 Å². The summed E-state index contributed by atoms with van der Waals surface area (Å²) in [5.41, 5.74) is 5.69. The Kier molecular flexibility index (Phi) is 12.4. The lowest BCUT2D eigenvalue weighted by atomic mass is 9.78. The number of hydrogen-bond donors (Lipinski definition) is 4. The summed E-state index contributed by atoms with van der Waals surface area (Å²) >= 11 is 0. The van der Waals surface area contributed by atoms with E-state index in [2.05, 4.69) is 74.1 Å². The third kappa shape index (κ3) is 8.85. The molecule has 2 aromatic heterocycles. The molecule has 0 bridgehead atoms. The van der Waals surface area contributed by atoms with Crippen molar-refractivity contribution >= 4 is 24.0 Å². The molecule has 15 nitrogen and oxygen atoms in total. The molecule has 3 fully saturated rings. The van der Waals surface area contributed by atoms with Gasteiger partial charge in [-0.15, -0.1) is 0 Å². The molecule has 15 heteroatoms. The number of methoxy groups -OCH3 is 2. The SMILES string of the molecule is COC(=O)N[C@H](C(=O)N1CC2(CCOCC2)CC1c1ncc(-c2ccc(-c3ccc(-c4cnc([C@@H]5CCCN5C(=O)[C@@H](NC(=O)OC)C(C)C)[nH]4)cc3)cc2)[nH]1)C(C)C. The minimum Gasteiger partial charge on any atom is -0.453 e. The van der Waals surface area contributed by atoms with E-state index in [9.17, 15) is 19.2 Å². The Morgan fingerprint density at radius 3 is 1.64 bits per heavy atom. The topological polar surface area (TPSA) is 184 Å². The third-order valence-electron chi connectivity index (χ3n) is 12.2. The molecule has 0 radical (unpaired) electrons. The van der Waals surface area contributed by atoms with Gasteiger partial charge in [0.1, 0.15) is 23.7 Å². The van der Waals surface area contributed by atoms with Crippen molar-refractivity contribution in [2.45, 2.75) is 84.0 Å². The number of ether oxygens (including phenoxy) is 3. The highest BCUT2D eigenvalue weighted by Gasteiger charge is 2.49. The quantitative estimate of drug-likeness (QED) is 0.129. The molecule has 4 amide bonds. The largest absolute Gasteiger partial charge is 0.453 e. The van der Waals surface area contributed by atoms with Crippen molar-refractivity contribution in [3.05, 3.63) is 72.6 Å². The van der Waals surface area contributed by atoms with Crippen LogP contribution in [0.15, 0.2) is 60.9 Å². The second-order valence-corrected chi connectivity index (χ2v) is 16.7. The zero-order valence-electron chi connectivity index (χ0n) is 34.7. The highest BCUT2D eigenvalue weighted by molar-refractivity contribution is 5.87. The summed E-state index contributed by atoms with van der Waals surface area (Å²) in [5, 5.41) is 5.46. The van der Waals surface area contributed by atoms with E-state index >= 15 is 0 Å². The number of carbonyl (C=O) groups excluding carboxylic acids is 4. The van der Waals surface area contributed by atoms with E-state index < -0.39 is 24.3 Å². The average molecular weight is 809 g/mol. The zero-order chi connectivity index (χ0) is 41.8. The number of likely N-dealkylation sites (tertiary alicyclic amines) is 2. The highest BCUT2D eigenvalue weighted by atomic mass is 16.5. The molecule has 0 aliphatic carbocycles. The number of carbonyl (C=O) groups is 4. The van der Waals surface area contributed by atoms with E-state index in [-0.39, 0.29) is 41.1 Å². The number of nitrogens with zero attached hydrogens (tertiary/aromatic N) is 4. The van der Waals surface area contributed by atoms with Crippen LogP contribution in [0.5, 0.6) is 0 Å². The first kappa shape index (κ1) is 41.5. The van der Waals surface area contributed by atoms with Crippen molar-refractivity contribution < 1.29 is 33.4 Å². The van der Waals surface area contributed by atoms with Crippen LogP contribution in [0.3, 0.4) is 0 Å². The smallest absolute Gasteiger partial charge is 0.407 e. The molecule has 1 unspecified atom stereocenters. The van der Waals surface area contributed by atoms with E-state index in [0.717, 1.165) is 77.4 Å². The first-order chi connectivity index (χ1) is 28.4. The van der Waals surface area contributed by atoms with Gasteiger partial charge in [-0.3, -0.25) is 9.59 Å². The molecule has 4 N–H and O–H groups in total. The van der Waals surface area contributed by atoms with Crippen molar-refractivity contribution in [1.82, 2.24) is 40.4 Å². The molecule has 2 aromatic carbocycles. The third-order valence-corrected chi connectivity index (χ3v) is 12.2. The molecular weight excluding hydrogens is 753 g/mol. The lowest BCUT2D eigenvalue weighted by Gasteiger charge is -2.34. The number of H-pyrrole nitrogens is 2. The molecule has 3 aliphatic heterocycles. The summed E-state index contributed by atoms with van der Waals surface area (Å²) < 4.78 is 15.3. The maximum atomic E-state index is 14.1. The van der Waals surface area contributed by atoms with Gasteiger partial charge >= 0.3 is 12.2 Å². The Hall–Kier alpha value is -5.70. The van der Waals surface area contributed by atoms with E-state index in [1.165, 1.54) is 14.2 Å². The van der Waals surface area contributed by atoms with Crippen molar-refractivity contribution in [3.63, 3.8) is 0 Å². The first-order valence-electron chi connectivity index (χ1n) is 20.6. The van der Waals surface area contributed by atoms with Crippen LogP contribution in [0, 0.1) is 17.3 Å². The molecule has 4 atom stereocenters. The Labute approximate surface area is 345 Å². The Bertz CT molecular complexity index is 2100. The molecule has 4 aromatic rings. The Balaban J connectivity index is 1.04. The van der Waals surface area contributed by atoms with Crippen molar-refractivity contribution in [3.8, 4) is 33.6 Å². The Morgan fingerprint density at radius 2 is 1.17 bits per heavy atom. The molecule has 59 heavy (non-hydrogen) atoms. The number of nitrogens with one attached hydrogen (secondary N) is 4. The van der Waals surface area contributed by atoms with Gasteiger partial charge in [0, 0.05) is 26.3 Å². The average Bonchev–Trinajstić information content (AvgIpc) is 4.08. The van der Waals surface area contributed by atoms with Crippen LogP contribution < -0.4 is 10.6 Å². The number of aromatic nitrogens is 4. The maximum absolute atomic E-state index is 14.1. The summed E-state index contributed by atoms with van der Waals surface area (Å²) in [7, 11) is 2.59. The minimum atomic E-state index is -0.727. The molecule has 7 rings (SSSR count). The van der Waals surface area contributed by atoms with Gasteiger partial charge in [-0.05, 0) is 71.6 Å². The molecule has 0 saturated carbocycles. The van der Waals surface area contributed by atoms with Gasteiger partial charge in [0.15, 0.2) is 0 Å².